The molecule has 0 spiro atoms. The first-order valence-electron chi connectivity index (χ1n) is 6.53. The number of hydrogen-bond acceptors (Lipinski definition) is 5. The Morgan fingerprint density at radius 3 is 3.00 bits per heavy atom. The summed E-state index contributed by atoms with van der Waals surface area (Å²) in [5.74, 6) is -0.689. The molecule has 2 heterocycles. The topological polar surface area (TPSA) is 67.4 Å². The van der Waals surface area contributed by atoms with Gasteiger partial charge in [-0.1, -0.05) is 6.07 Å². The van der Waals surface area contributed by atoms with Gasteiger partial charge in [0.2, 0.25) is 0 Å². The number of carbonyl (C=O) groups excluding carboxylic acids is 2. The lowest BCUT2D eigenvalue weighted by Crippen LogP contribution is -2.14. The number of rotatable bonds is 3. The molecule has 0 saturated carbocycles. The van der Waals surface area contributed by atoms with E-state index >= 15 is 0 Å². The van der Waals surface area contributed by atoms with E-state index in [4.69, 9.17) is 4.74 Å². The minimum Gasteiger partial charge on any atom is -0.465 e. The predicted molar refractivity (Wildman–Crippen MR) is 82.2 cm³/mol. The molecular weight excluding hydrogens is 288 g/mol. The quantitative estimate of drug-likeness (QED) is 0.856. The van der Waals surface area contributed by atoms with Gasteiger partial charge in [-0.15, -0.1) is 11.3 Å². The van der Waals surface area contributed by atoms with Crippen molar-refractivity contribution in [1.82, 2.24) is 0 Å². The van der Waals surface area contributed by atoms with Crippen molar-refractivity contribution in [2.75, 3.05) is 24.3 Å². The summed E-state index contributed by atoms with van der Waals surface area (Å²) in [6.07, 6.45) is 0.980. The molecule has 108 valence electrons. The van der Waals surface area contributed by atoms with Crippen LogP contribution in [0.25, 0.3) is 0 Å². The number of fused-ring (bicyclic) bond motifs is 1. The second-order valence-corrected chi connectivity index (χ2v) is 5.57. The highest BCUT2D eigenvalue weighted by Crippen LogP contribution is 2.26. The SMILES string of the molecule is COC(=O)c1sccc1NC(=O)c1ccc2c(c1)NCC2. The number of hydrogen-bond donors (Lipinski definition) is 2. The first-order chi connectivity index (χ1) is 10.2. The summed E-state index contributed by atoms with van der Waals surface area (Å²) in [5.41, 5.74) is 3.26. The number of esters is 1. The highest BCUT2D eigenvalue weighted by Gasteiger charge is 2.18. The Kier molecular flexibility index (Phi) is 3.62. The van der Waals surface area contributed by atoms with Crippen molar-refractivity contribution in [3.8, 4) is 0 Å². The molecule has 5 nitrogen and oxygen atoms in total. The molecule has 0 fully saturated rings. The van der Waals surface area contributed by atoms with Crippen LogP contribution in [0.1, 0.15) is 25.6 Å². The predicted octanol–water partition coefficient (Wildman–Crippen LogP) is 2.76. The number of nitrogens with one attached hydrogen (secondary N) is 2. The number of methoxy groups -OCH3 is 1. The molecule has 2 N–H and O–H groups in total. The van der Waals surface area contributed by atoms with Crippen molar-refractivity contribution in [1.29, 1.82) is 0 Å². The van der Waals surface area contributed by atoms with E-state index in [1.165, 1.54) is 24.0 Å². The third-order valence-electron chi connectivity index (χ3n) is 3.37. The molecule has 1 aromatic heterocycles. The minimum absolute atomic E-state index is 0.241. The van der Waals surface area contributed by atoms with Crippen LogP contribution in [-0.2, 0) is 11.2 Å². The average Bonchev–Trinajstić information content (AvgIpc) is 3.14. The largest absolute Gasteiger partial charge is 0.465 e. The van der Waals surface area contributed by atoms with Gasteiger partial charge in [0, 0.05) is 17.8 Å². The standard InChI is InChI=1S/C15H14N2O3S/c1-20-15(19)13-11(5-7-21-13)17-14(18)10-3-2-9-4-6-16-12(9)8-10/h2-3,5,7-8,16H,4,6H2,1H3,(H,17,18). The van der Waals surface area contributed by atoms with Gasteiger partial charge in [-0.25, -0.2) is 4.79 Å². The lowest BCUT2D eigenvalue weighted by atomic mass is 10.1. The minimum atomic E-state index is -0.448. The Morgan fingerprint density at radius 2 is 2.19 bits per heavy atom. The van der Waals surface area contributed by atoms with Crippen molar-refractivity contribution in [2.45, 2.75) is 6.42 Å². The fourth-order valence-corrected chi connectivity index (χ4v) is 3.05. The van der Waals surface area contributed by atoms with Gasteiger partial charge >= 0.3 is 5.97 Å². The summed E-state index contributed by atoms with van der Waals surface area (Å²) in [7, 11) is 1.32. The van der Waals surface area contributed by atoms with Gasteiger partial charge in [-0.2, -0.15) is 0 Å². The molecule has 0 saturated heterocycles. The third-order valence-corrected chi connectivity index (χ3v) is 4.26. The summed E-state index contributed by atoms with van der Waals surface area (Å²) in [6.45, 7) is 0.900. The van der Waals surface area contributed by atoms with Crippen LogP contribution in [0.2, 0.25) is 0 Å². The van der Waals surface area contributed by atoms with Crippen LogP contribution < -0.4 is 10.6 Å². The summed E-state index contributed by atoms with van der Waals surface area (Å²) in [6, 6.07) is 7.28. The molecule has 1 amide bonds. The second-order valence-electron chi connectivity index (χ2n) is 4.66. The zero-order chi connectivity index (χ0) is 14.8. The second kappa shape index (κ2) is 5.57. The van der Waals surface area contributed by atoms with Crippen molar-refractivity contribution in [2.24, 2.45) is 0 Å². The number of carbonyl (C=O) groups is 2. The van der Waals surface area contributed by atoms with Gasteiger partial charge in [0.05, 0.1) is 12.8 Å². The third kappa shape index (κ3) is 2.62. The van der Waals surface area contributed by atoms with Gasteiger partial charge in [-0.3, -0.25) is 4.79 Å². The van der Waals surface area contributed by atoms with Gasteiger partial charge in [0.25, 0.3) is 5.91 Å². The smallest absolute Gasteiger partial charge is 0.350 e. The molecule has 0 radical (unpaired) electrons. The monoisotopic (exact) mass is 302 g/mol. The van der Waals surface area contributed by atoms with Crippen molar-refractivity contribution in [3.63, 3.8) is 0 Å². The van der Waals surface area contributed by atoms with E-state index < -0.39 is 5.97 Å². The Morgan fingerprint density at radius 1 is 1.33 bits per heavy atom. The van der Waals surface area contributed by atoms with E-state index in [1.54, 1.807) is 17.5 Å². The number of ether oxygens (including phenoxy) is 1. The van der Waals surface area contributed by atoms with Crippen LogP contribution in [-0.4, -0.2) is 25.5 Å². The molecule has 1 aromatic carbocycles. The lowest BCUT2D eigenvalue weighted by molar-refractivity contribution is 0.0607. The summed E-state index contributed by atoms with van der Waals surface area (Å²) >= 11 is 1.24. The average molecular weight is 302 g/mol. The molecule has 1 aliphatic rings. The van der Waals surface area contributed by atoms with E-state index in [0.717, 1.165) is 18.7 Å². The fraction of sp³-hybridized carbons (Fsp3) is 0.200. The molecule has 21 heavy (non-hydrogen) atoms. The molecule has 3 rings (SSSR count). The lowest BCUT2D eigenvalue weighted by Gasteiger charge is -2.07. The first-order valence-corrected chi connectivity index (χ1v) is 7.41. The Bertz CT molecular complexity index is 709. The Balaban J connectivity index is 1.81. The molecular formula is C15H14N2O3S. The van der Waals surface area contributed by atoms with Crippen molar-refractivity contribution in [3.05, 3.63) is 45.6 Å². The van der Waals surface area contributed by atoms with E-state index in [2.05, 4.69) is 10.6 Å². The van der Waals surface area contributed by atoms with E-state index in [0.29, 0.717) is 16.1 Å². The van der Waals surface area contributed by atoms with Crippen LogP contribution >= 0.6 is 11.3 Å². The molecule has 0 atom stereocenters. The zero-order valence-electron chi connectivity index (χ0n) is 11.4. The molecule has 0 unspecified atom stereocenters. The van der Waals surface area contributed by atoms with Gasteiger partial charge < -0.3 is 15.4 Å². The zero-order valence-corrected chi connectivity index (χ0v) is 12.3. The van der Waals surface area contributed by atoms with E-state index in [9.17, 15) is 9.59 Å². The molecule has 2 aromatic rings. The maximum atomic E-state index is 12.3. The maximum Gasteiger partial charge on any atom is 0.350 e. The van der Waals surface area contributed by atoms with Crippen LogP contribution in [0.3, 0.4) is 0 Å². The highest BCUT2D eigenvalue weighted by molar-refractivity contribution is 7.12. The van der Waals surface area contributed by atoms with E-state index in [1.807, 2.05) is 12.1 Å². The fourth-order valence-electron chi connectivity index (χ4n) is 2.29. The Hall–Kier alpha value is -2.34. The van der Waals surface area contributed by atoms with E-state index in [-0.39, 0.29) is 5.91 Å². The normalized spacial score (nSPS) is 12.4. The van der Waals surface area contributed by atoms with Crippen LogP contribution in [0.4, 0.5) is 11.4 Å². The summed E-state index contributed by atoms with van der Waals surface area (Å²) < 4.78 is 4.69. The number of thiophene rings is 1. The Labute approximate surface area is 125 Å². The van der Waals surface area contributed by atoms with Crippen LogP contribution in [0, 0.1) is 0 Å². The van der Waals surface area contributed by atoms with Gasteiger partial charge in [0.15, 0.2) is 0 Å². The van der Waals surface area contributed by atoms with Crippen molar-refractivity contribution < 1.29 is 14.3 Å². The maximum absolute atomic E-state index is 12.3. The van der Waals surface area contributed by atoms with Gasteiger partial charge in [0.1, 0.15) is 4.88 Å². The number of benzene rings is 1. The highest BCUT2D eigenvalue weighted by atomic mass is 32.1. The first kappa shape index (κ1) is 13.6. The van der Waals surface area contributed by atoms with Gasteiger partial charge in [-0.05, 0) is 35.6 Å². The molecule has 0 aliphatic carbocycles. The number of amides is 1. The molecule has 0 bridgehead atoms. The molecule has 1 aliphatic heterocycles. The summed E-state index contributed by atoms with van der Waals surface area (Å²) in [4.78, 5) is 24.3. The molecule has 6 heteroatoms. The summed E-state index contributed by atoms with van der Waals surface area (Å²) in [5, 5.41) is 7.74. The number of anilines is 2. The van der Waals surface area contributed by atoms with Crippen LogP contribution in [0.15, 0.2) is 29.6 Å². The van der Waals surface area contributed by atoms with Crippen molar-refractivity contribution >= 4 is 34.6 Å². The van der Waals surface area contributed by atoms with Crippen LogP contribution in [0.5, 0.6) is 0 Å².